The zero-order valence-corrected chi connectivity index (χ0v) is 12.7. The van der Waals surface area contributed by atoms with E-state index >= 15 is 0 Å². The Kier molecular flexibility index (Phi) is 5.57. The quantitative estimate of drug-likeness (QED) is 0.753. The second kappa shape index (κ2) is 7.64. The van der Waals surface area contributed by atoms with E-state index in [4.69, 9.17) is 13.9 Å². The van der Waals surface area contributed by atoms with E-state index in [0.29, 0.717) is 24.0 Å². The van der Waals surface area contributed by atoms with Crippen LogP contribution in [-0.2, 0) is 6.42 Å². The van der Waals surface area contributed by atoms with E-state index in [2.05, 4.69) is 22.4 Å². The van der Waals surface area contributed by atoms with Gasteiger partial charge in [0.05, 0.1) is 19.8 Å². The topological polar surface area (TPSA) is 69.4 Å². The molecule has 6 nitrogen and oxygen atoms in total. The van der Waals surface area contributed by atoms with E-state index < -0.39 is 0 Å². The molecular formula is C15H21N3O3. The van der Waals surface area contributed by atoms with Crippen molar-refractivity contribution in [3.05, 3.63) is 24.1 Å². The van der Waals surface area contributed by atoms with Gasteiger partial charge in [0.1, 0.15) is 11.5 Å². The van der Waals surface area contributed by atoms with Crippen LogP contribution in [0.4, 0.5) is 0 Å². The lowest BCUT2D eigenvalue weighted by molar-refractivity contribution is 0.394. The van der Waals surface area contributed by atoms with Crippen LogP contribution in [0.5, 0.6) is 11.5 Å². The van der Waals surface area contributed by atoms with Gasteiger partial charge in [0, 0.05) is 19.0 Å². The molecule has 0 spiro atoms. The summed E-state index contributed by atoms with van der Waals surface area (Å²) in [6.45, 7) is 3.95. The highest BCUT2D eigenvalue weighted by Crippen LogP contribution is 2.32. The van der Waals surface area contributed by atoms with Crippen LogP contribution in [0.15, 0.2) is 22.6 Å². The van der Waals surface area contributed by atoms with Gasteiger partial charge in [0.25, 0.3) is 5.89 Å². The van der Waals surface area contributed by atoms with Gasteiger partial charge in [-0.15, -0.1) is 10.2 Å². The summed E-state index contributed by atoms with van der Waals surface area (Å²) in [5, 5.41) is 11.5. The summed E-state index contributed by atoms with van der Waals surface area (Å²) in [5.74, 6) is 2.44. The van der Waals surface area contributed by atoms with Crippen molar-refractivity contribution in [3.63, 3.8) is 0 Å². The molecule has 0 aliphatic rings. The lowest BCUT2D eigenvalue weighted by Gasteiger charge is -2.07. The van der Waals surface area contributed by atoms with Crippen molar-refractivity contribution in [2.24, 2.45) is 0 Å². The minimum atomic E-state index is 0.458. The maximum Gasteiger partial charge on any atom is 0.251 e. The molecule has 0 aliphatic carbocycles. The van der Waals surface area contributed by atoms with Crippen molar-refractivity contribution in [3.8, 4) is 23.0 Å². The molecule has 1 N–H and O–H groups in total. The van der Waals surface area contributed by atoms with Crippen LogP contribution >= 0.6 is 0 Å². The highest BCUT2D eigenvalue weighted by atomic mass is 16.5. The molecule has 0 unspecified atom stereocenters. The van der Waals surface area contributed by atoms with E-state index in [-0.39, 0.29) is 0 Å². The Hall–Kier alpha value is -2.08. The summed E-state index contributed by atoms with van der Waals surface area (Å²) in [6, 6.07) is 5.48. The summed E-state index contributed by atoms with van der Waals surface area (Å²) < 4.78 is 16.2. The van der Waals surface area contributed by atoms with Crippen LogP contribution in [0, 0.1) is 0 Å². The summed E-state index contributed by atoms with van der Waals surface area (Å²) in [6.07, 6.45) is 1.82. The predicted octanol–water partition coefficient (Wildman–Crippen LogP) is 2.30. The molecule has 114 valence electrons. The zero-order chi connectivity index (χ0) is 15.1. The number of benzene rings is 1. The fourth-order valence-electron chi connectivity index (χ4n) is 1.94. The Bertz CT molecular complexity index is 569. The molecule has 0 saturated heterocycles. The normalized spacial score (nSPS) is 10.6. The van der Waals surface area contributed by atoms with Crippen LogP contribution < -0.4 is 14.8 Å². The lowest BCUT2D eigenvalue weighted by Crippen LogP contribution is -2.17. The summed E-state index contributed by atoms with van der Waals surface area (Å²) >= 11 is 0. The first kappa shape index (κ1) is 15.3. The van der Waals surface area contributed by atoms with Gasteiger partial charge in [0.2, 0.25) is 5.89 Å². The van der Waals surface area contributed by atoms with Gasteiger partial charge in [0.15, 0.2) is 0 Å². The van der Waals surface area contributed by atoms with Crippen molar-refractivity contribution < 1.29 is 13.9 Å². The molecule has 2 rings (SSSR count). The molecule has 0 amide bonds. The molecule has 21 heavy (non-hydrogen) atoms. The lowest BCUT2D eigenvalue weighted by atomic mass is 10.2. The molecule has 1 heterocycles. The first-order valence-electron chi connectivity index (χ1n) is 7.04. The molecule has 0 radical (unpaired) electrons. The third-order valence-corrected chi connectivity index (χ3v) is 3.05. The average Bonchev–Trinajstić information content (AvgIpc) is 2.99. The van der Waals surface area contributed by atoms with Crippen molar-refractivity contribution in [2.75, 3.05) is 27.3 Å². The highest BCUT2D eigenvalue weighted by molar-refractivity contribution is 5.64. The maximum atomic E-state index is 5.68. The zero-order valence-electron chi connectivity index (χ0n) is 12.7. The molecule has 2 aromatic rings. The number of nitrogens with one attached hydrogen (secondary N) is 1. The molecular weight excluding hydrogens is 270 g/mol. The van der Waals surface area contributed by atoms with E-state index in [1.54, 1.807) is 20.3 Å². The second-order valence-electron chi connectivity index (χ2n) is 4.57. The molecule has 1 aromatic heterocycles. The largest absolute Gasteiger partial charge is 0.497 e. The first-order valence-corrected chi connectivity index (χ1v) is 7.04. The van der Waals surface area contributed by atoms with Crippen molar-refractivity contribution in [1.82, 2.24) is 15.5 Å². The molecule has 0 aliphatic heterocycles. The minimum Gasteiger partial charge on any atom is -0.497 e. The van der Waals surface area contributed by atoms with E-state index in [9.17, 15) is 0 Å². The Morgan fingerprint density at radius 3 is 2.71 bits per heavy atom. The number of ether oxygens (including phenoxy) is 2. The van der Waals surface area contributed by atoms with Crippen molar-refractivity contribution in [2.45, 2.75) is 19.8 Å². The molecule has 0 atom stereocenters. The first-order chi connectivity index (χ1) is 10.3. The van der Waals surface area contributed by atoms with Crippen LogP contribution in [0.2, 0.25) is 0 Å². The SMILES string of the molecule is CCCNCCc1nnc(-c2ccc(OC)cc2OC)o1. The maximum absolute atomic E-state index is 5.68. The molecule has 1 aromatic carbocycles. The number of nitrogens with zero attached hydrogens (tertiary/aromatic N) is 2. The molecule has 0 fully saturated rings. The van der Waals surface area contributed by atoms with E-state index in [0.717, 1.165) is 30.8 Å². The fourth-order valence-corrected chi connectivity index (χ4v) is 1.94. The van der Waals surface area contributed by atoms with Crippen LogP contribution in [-0.4, -0.2) is 37.5 Å². The van der Waals surface area contributed by atoms with Gasteiger partial charge in [-0.1, -0.05) is 6.92 Å². The van der Waals surface area contributed by atoms with Crippen molar-refractivity contribution in [1.29, 1.82) is 0 Å². The molecule has 0 saturated carbocycles. The van der Waals surface area contributed by atoms with Gasteiger partial charge in [-0.2, -0.15) is 0 Å². The van der Waals surface area contributed by atoms with Gasteiger partial charge >= 0.3 is 0 Å². The average molecular weight is 291 g/mol. The minimum absolute atomic E-state index is 0.458. The van der Waals surface area contributed by atoms with Gasteiger partial charge in [-0.3, -0.25) is 0 Å². The predicted molar refractivity (Wildman–Crippen MR) is 79.7 cm³/mol. The number of methoxy groups -OCH3 is 2. The Morgan fingerprint density at radius 1 is 1.14 bits per heavy atom. The standard InChI is InChI=1S/C15H21N3O3/c1-4-8-16-9-7-14-17-18-15(21-14)12-6-5-11(19-2)10-13(12)20-3/h5-6,10,16H,4,7-9H2,1-3H3. The number of hydrogen-bond acceptors (Lipinski definition) is 6. The summed E-state index contributed by atoms with van der Waals surface area (Å²) in [4.78, 5) is 0. The number of hydrogen-bond donors (Lipinski definition) is 1. The number of rotatable bonds is 8. The van der Waals surface area contributed by atoms with Crippen LogP contribution in [0.1, 0.15) is 19.2 Å². The van der Waals surface area contributed by atoms with E-state index in [1.807, 2.05) is 12.1 Å². The van der Waals surface area contributed by atoms with Gasteiger partial charge in [-0.25, -0.2) is 0 Å². The van der Waals surface area contributed by atoms with Crippen LogP contribution in [0.3, 0.4) is 0 Å². The fraction of sp³-hybridized carbons (Fsp3) is 0.467. The van der Waals surface area contributed by atoms with Crippen molar-refractivity contribution >= 4 is 0 Å². The number of aromatic nitrogens is 2. The van der Waals surface area contributed by atoms with Gasteiger partial charge < -0.3 is 19.2 Å². The Labute approximate surface area is 124 Å². The highest BCUT2D eigenvalue weighted by Gasteiger charge is 2.14. The van der Waals surface area contributed by atoms with Gasteiger partial charge in [-0.05, 0) is 25.1 Å². The second-order valence-corrected chi connectivity index (χ2v) is 4.57. The Morgan fingerprint density at radius 2 is 2.00 bits per heavy atom. The monoisotopic (exact) mass is 291 g/mol. The van der Waals surface area contributed by atoms with Crippen LogP contribution in [0.25, 0.3) is 11.5 Å². The van der Waals surface area contributed by atoms with E-state index in [1.165, 1.54) is 0 Å². The Balaban J connectivity index is 2.10. The third-order valence-electron chi connectivity index (χ3n) is 3.05. The summed E-state index contributed by atoms with van der Waals surface area (Å²) in [7, 11) is 3.22. The third kappa shape index (κ3) is 3.95. The summed E-state index contributed by atoms with van der Waals surface area (Å²) in [5.41, 5.74) is 0.763. The smallest absolute Gasteiger partial charge is 0.251 e. The molecule has 6 heteroatoms. The molecule has 0 bridgehead atoms.